The molecule has 2 aromatic carbocycles. The van der Waals surface area contributed by atoms with Gasteiger partial charge in [-0.3, -0.25) is 4.90 Å². The predicted molar refractivity (Wildman–Crippen MR) is 157 cm³/mol. The first kappa shape index (κ1) is 28.1. The van der Waals surface area contributed by atoms with Crippen LogP contribution in [0.15, 0.2) is 48.5 Å². The summed E-state index contributed by atoms with van der Waals surface area (Å²) in [5.41, 5.74) is 2.60. The first-order valence-electron chi connectivity index (χ1n) is 14.6. The molecule has 3 aliphatic rings. The normalized spacial score (nSPS) is 22.9. The number of rotatable bonds is 7. The molecule has 3 aliphatic heterocycles. The monoisotopic (exact) mass is 606 g/mol. The first-order valence-corrected chi connectivity index (χ1v) is 15.0. The Morgan fingerprint density at radius 2 is 1.93 bits per heavy atom. The molecule has 0 spiro atoms. The number of carboxylic acid groups (broad SMARTS) is 1. The van der Waals surface area contributed by atoms with Crippen LogP contribution in [0, 0.1) is 5.82 Å². The van der Waals surface area contributed by atoms with Crippen molar-refractivity contribution in [3.63, 3.8) is 0 Å². The number of halogens is 2. The predicted octanol–water partition coefficient (Wildman–Crippen LogP) is 6.30. The number of pyridine rings is 1. The number of nitrogens with zero attached hydrogens (tertiary/aromatic N) is 4. The number of aromatic carboxylic acids is 1. The maximum Gasteiger partial charge on any atom is 0.354 e. The topological polar surface area (TPSA) is 98.9 Å². The number of hydrogen-bond acceptors (Lipinski definition) is 7. The molecule has 7 rings (SSSR count). The number of imidazole rings is 1. The quantitative estimate of drug-likeness (QED) is 0.262. The van der Waals surface area contributed by atoms with Crippen LogP contribution in [0.1, 0.15) is 72.5 Å². The van der Waals surface area contributed by atoms with Crippen molar-refractivity contribution in [2.24, 2.45) is 0 Å². The number of fused-ring (bicyclic) bond motifs is 2. The first-order chi connectivity index (χ1) is 20.7. The Labute approximate surface area is 253 Å². The van der Waals surface area contributed by atoms with E-state index in [0.29, 0.717) is 39.8 Å². The van der Waals surface area contributed by atoms with Gasteiger partial charge in [0, 0.05) is 24.1 Å². The summed E-state index contributed by atoms with van der Waals surface area (Å²) in [6, 6.07) is 13.6. The van der Waals surface area contributed by atoms with Gasteiger partial charge in [0.2, 0.25) is 0 Å². The number of piperidine rings is 1. The summed E-state index contributed by atoms with van der Waals surface area (Å²) in [5.74, 6) is -0.472. The van der Waals surface area contributed by atoms with E-state index in [1.807, 2.05) is 16.7 Å². The van der Waals surface area contributed by atoms with Crippen LogP contribution in [0.5, 0.6) is 11.5 Å². The third-order valence-electron chi connectivity index (χ3n) is 8.94. The van der Waals surface area contributed by atoms with Crippen molar-refractivity contribution < 1.29 is 28.5 Å². The van der Waals surface area contributed by atoms with Crippen LogP contribution in [0.2, 0.25) is 5.02 Å². The summed E-state index contributed by atoms with van der Waals surface area (Å²) in [6.07, 6.45) is 2.81. The smallest absolute Gasteiger partial charge is 0.354 e. The van der Waals surface area contributed by atoms with E-state index in [-0.39, 0.29) is 23.8 Å². The van der Waals surface area contributed by atoms with E-state index in [9.17, 15) is 14.3 Å². The number of para-hydroxylation sites is 1. The molecule has 0 saturated carbocycles. The van der Waals surface area contributed by atoms with Gasteiger partial charge in [-0.2, -0.15) is 0 Å². The van der Waals surface area contributed by atoms with E-state index >= 15 is 0 Å². The van der Waals surface area contributed by atoms with Crippen LogP contribution < -0.4 is 9.47 Å². The zero-order valence-corrected chi connectivity index (χ0v) is 24.7. The minimum atomic E-state index is -1.29. The fraction of sp³-hybridized carbons (Fsp3) is 0.406. The highest BCUT2D eigenvalue weighted by Gasteiger charge is 2.43. The summed E-state index contributed by atoms with van der Waals surface area (Å²) in [7, 11) is 0. The summed E-state index contributed by atoms with van der Waals surface area (Å²) in [4.78, 5) is 23.4. The van der Waals surface area contributed by atoms with Crippen molar-refractivity contribution in [3.05, 3.63) is 82.0 Å². The highest BCUT2D eigenvalue weighted by atomic mass is 35.5. The van der Waals surface area contributed by atoms with E-state index in [4.69, 9.17) is 30.8 Å². The zero-order valence-electron chi connectivity index (χ0n) is 23.9. The molecule has 4 aromatic rings. The molecule has 1 N–H and O–H groups in total. The Morgan fingerprint density at radius 3 is 2.63 bits per heavy atom. The number of hydrogen-bond donors (Lipinski definition) is 1. The molecule has 0 amide bonds. The molecule has 224 valence electrons. The number of carboxylic acids is 1. The van der Waals surface area contributed by atoms with Crippen molar-refractivity contribution >= 4 is 28.7 Å². The van der Waals surface area contributed by atoms with Crippen molar-refractivity contribution in [2.45, 2.75) is 63.5 Å². The molecule has 11 heteroatoms. The summed E-state index contributed by atoms with van der Waals surface area (Å²) in [5, 5.41) is 9.83. The number of carbonyl (C=O) groups is 1. The second-order valence-corrected chi connectivity index (χ2v) is 12.1. The number of benzene rings is 2. The third-order valence-corrected chi connectivity index (χ3v) is 9.18. The van der Waals surface area contributed by atoms with Crippen LogP contribution in [-0.2, 0) is 17.1 Å². The largest absolute Gasteiger partial charge is 0.477 e. The molecular weight excluding hydrogens is 575 g/mol. The van der Waals surface area contributed by atoms with E-state index in [2.05, 4.69) is 22.9 Å². The Balaban J connectivity index is 1.10. The van der Waals surface area contributed by atoms with Gasteiger partial charge in [-0.1, -0.05) is 23.7 Å². The lowest BCUT2D eigenvalue weighted by Gasteiger charge is -2.36. The summed E-state index contributed by atoms with van der Waals surface area (Å²) in [6.45, 7) is 6.84. The molecule has 1 unspecified atom stereocenters. The summed E-state index contributed by atoms with van der Waals surface area (Å²) >= 11 is 5.98. The lowest BCUT2D eigenvalue weighted by molar-refractivity contribution is -0.0712. The molecule has 0 aliphatic carbocycles. The molecule has 3 atom stereocenters. The molecule has 2 aromatic heterocycles. The van der Waals surface area contributed by atoms with Gasteiger partial charge >= 0.3 is 5.97 Å². The molecule has 0 radical (unpaired) electrons. The fourth-order valence-electron chi connectivity index (χ4n) is 6.47. The second kappa shape index (κ2) is 10.8. The van der Waals surface area contributed by atoms with Crippen molar-refractivity contribution in [3.8, 4) is 11.5 Å². The fourth-order valence-corrected chi connectivity index (χ4v) is 6.63. The minimum absolute atomic E-state index is 0.000291. The molecule has 5 heterocycles. The van der Waals surface area contributed by atoms with Crippen molar-refractivity contribution in [1.82, 2.24) is 19.4 Å². The zero-order chi connectivity index (χ0) is 29.9. The van der Waals surface area contributed by atoms with E-state index in [1.165, 1.54) is 12.1 Å². The van der Waals surface area contributed by atoms with Gasteiger partial charge in [-0.25, -0.2) is 19.2 Å². The van der Waals surface area contributed by atoms with Gasteiger partial charge in [-0.15, -0.1) is 0 Å². The molecule has 0 bridgehead atoms. The average Bonchev–Trinajstić information content (AvgIpc) is 3.51. The molecule has 43 heavy (non-hydrogen) atoms. The van der Waals surface area contributed by atoms with E-state index in [0.717, 1.165) is 50.3 Å². The highest BCUT2D eigenvalue weighted by molar-refractivity contribution is 6.30. The maximum atomic E-state index is 14.8. The Morgan fingerprint density at radius 1 is 1.14 bits per heavy atom. The Hall–Kier alpha value is -3.73. The van der Waals surface area contributed by atoms with Crippen LogP contribution in [0.25, 0.3) is 11.2 Å². The molecule has 2 saturated heterocycles. The van der Waals surface area contributed by atoms with Gasteiger partial charge in [0.1, 0.15) is 17.2 Å². The summed E-state index contributed by atoms with van der Waals surface area (Å²) < 4.78 is 35.1. The van der Waals surface area contributed by atoms with Crippen molar-refractivity contribution in [1.29, 1.82) is 0 Å². The highest BCUT2D eigenvalue weighted by Crippen LogP contribution is 2.50. The number of aromatic nitrogens is 3. The van der Waals surface area contributed by atoms with Gasteiger partial charge in [0.15, 0.2) is 22.8 Å². The van der Waals surface area contributed by atoms with E-state index in [1.54, 1.807) is 25.1 Å². The van der Waals surface area contributed by atoms with Crippen LogP contribution in [0.3, 0.4) is 0 Å². The minimum Gasteiger partial charge on any atom is -0.477 e. The molecular formula is C32H32ClFN4O5. The van der Waals surface area contributed by atoms with Gasteiger partial charge in [-0.05, 0) is 81.6 Å². The average molecular weight is 607 g/mol. The van der Waals surface area contributed by atoms with Crippen LogP contribution >= 0.6 is 11.6 Å². The lowest BCUT2D eigenvalue weighted by Crippen LogP contribution is -2.37. The van der Waals surface area contributed by atoms with E-state index < -0.39 is 17.6 Å². The standard InChI is InChI=1S/C32H32ClFN4O5/c1-18(29-35-25-8-9-26(31(39)40)36-30(25)38(29)17-21-12-15-41-21)37-13-10-19(11-14-37)22-4-3-5-27-28(22)43-32(2,42-27)23-7-6-20(33)16-24(23)34/h3-9,16,18-19,21H,10-15,17H2,1-2H3,(H,39,40)/t18?,21-,32+/m0/s1. The maximum absolute atomic E-state index is 14.8. The molecule has 2 fully saturated rings. The van der Waals surface area contributed by atoms with Gasteiger partial charge < -0.3 is 23.9 Å². The second-order valence-electron chi connectivity index (χ2n) is 11.6. The SMILES string of the molecule is CC(c1nc2ccc(C(=O)O)nc2n1C[C@@H]1CCO1)N1CCC(c2cccc3c2O[C@](C)(c2ccc(Cl)cc2F)O3)CC1. The third kappa shape index (κ3) is 5.01. The Kier molecular flexibility index (Phi) is 7.03. The van der Waals surface area contributed by atoms with Gasteiger partial charge in [0.25, 0.3) is 5.79 Å². The number of likely N-dealkylation sites (tertiary alicyclic amines) is 1. The lowest BCUT2D eigenvalue weighted by atomic mass is 9.88. The molecule has 9 nitrogen and oxygen atoms in total. The van der Waals surface area contributed by atoms with Gasteiger partial charge in [0.05, 0.1) is 24.3 Å². The van der Waals surface area contributed by atoms with Crippen LogP contribution in [0.4, 0.5) is 4.39 Å². The number of ether oxygens (including phenoxy) is 3. The van der Waals surface area contributed by atoms with Crippen molar-refractivity contribution in [2.75, 3.05) is 19.7 Å². The Bertz CT molecular complexity index is 1720. The van der Waals surface area contributed by atoms with Crippen LogP contribution in [-0.4, -0.2) is 56.3 Å².